The van der Waals surface area contributed by atoms with Crippen molar-refractivity contribution in [2.45, 2.75) is 0 Å². The minimum Gasteiger partial charge on any atom is -0.458 e. The molecule has 0 saturated carbocycles. The van der Waals surface area contributed by atoms with Crippen molar-refractivity contribution in [3.05, 3.63) is 23.2 Å². The average Bonchev–Trinajstić information content (AvgIpc) is 1.87. The molecule has 0 aromatic heterocycles. The molecule has 4 heteroatoms. The molecule has 0 unspecified atom stereocenters. The maximum atomic E-state index is 10.3. The zero-order chi connectivity index (χ0) is 7.98. The molecule has 0 aromatic carbocycles. The summed E-state index contributed by atoms with van der Waals surface area (Å²) in [5, 5.41) is 0. The molecule has 0 aliphatic heterocycles. The molecule has 0 spiro atoms. The fourth-order valence-electron chi connectivity index (χ4n) is 0.246. The van der Waals surface area contributed by atoms with Gasteiger partial charge in [0, 0.05) is 6.08 Å². The van der Waals surface area contributed by atoms with E-state index in [0.29, 0.717) is 0 Å². The molecule has 0 atom stereocenters. The molecule has 56 valence electrons. The van der Waals surface area contributed by atoms with Crippen LogP contribution in [-0.4, -0.2) is 12.6 Å². The van der Waals surface area contributed by atoms with Gasteiger partial charge in [0.2, 0.25) is 0 Å². The van der Waals surface area contributed by atoms with Crippen LogP contribution in [0.5, 0.6) is 0 Å². The van der Waals surface area contributed by atoms with Crippen LogP contribution in [-0.2, 0) is 9.53 Å². The Hall–Kier alpha value is -0.470. The number of halogens is 2. The van der Waals surface area contributed by atoms with Crippen LogP contribution in [0.1, 0.15) is 0 Å². The third-order valence-electron chi connectivity index (χ3n) is 0.630. The van der Waals surface area contributed by atoms with Crippen LogP contribution in [0, 0.1) is 0 Å². The van der Waals surface area contributed by atoms with Crippen molar-refractivity contribution in [1.82, 2.24) is 0 Å². The highest BCUT2D eigenvalue weighted by Gasteiger charge is 1.91. The topological polar surface area (TPSA) is 26.3 Å². The summed E-state index contributed by atoms with van der Waals surface area (Å²) < 4.78 is 4.58. The molecule has 0 bridgehead atoms. The Bertz CT molecular complexity index is 159. The van der Waals surface area contributed by atoms with Crippen LogP contribution >= 0.6 is 23.2 Å². The van der Waals surface area contributed by atoms with Gasteiger partial charge in [-0.2, -0.15) is 0 Å². The number of carbonyl (C=O) groups excluding carboxylic acids is 1. The Kier molecular flexibility index (Phi) is 5.08. The second-order valence-electron chi connectivity index (χ2n) is 1.33. The molecule has 0 aromatic rings. The molecule has 0 fully saturated rings. The second kappa shape index (κ2) is 5.33. The van der Waals surface area contributed by atoms with Crippen molar-refractivity contribution in [2.75, 3.05) is 6.61 Å². The number of hydrogen-bond donors (Lipinski definition) is 0. The molecular formula is C6H6Cl2O2. The summed E-state index contributed by atoms with van der Waals surface area (Å²) in [4.78, 5) is 10.3. The van der Waals surface area contributed by atoms with Crippen LogP contribution in [0.25, 0.3) is 0 Å². The van der Waals surface area contributed by atoms with Gasteiger partial charge in [0.15, 0.2) is 0 Å². The maximum absolute atomic E-state index is 10.3. The molecule has 0 aliphatic rings. The lowest BCUT2D eigenvalue weighted by Gasteiger charge is -1.93. The Morgan fingerprint density at radius 1 is 1.60 bits per heavy atom. The minimum atomic E-state index is -0.495. The van der Waals surface area contributed by atoms with E-state index < -0.39 is 5.97 Å². The summed E-state index contributed by atoms with van der Waals surface area (Å²) in [6.07, 6.45) is 2.43. The highest BCUT2D eigenvalue weighted by molar-refractivity contribution is 6.55. The Balaban J connectivity index is 3.46. The summed E-state index contributed by atoms with van der Waals surface area (Å²) in [5.74, 6) is -0.495. The first-order chi connectivity index (χ1) is 4.66. The molecule has 0 aliphatic carbocycles. The van der Waals surface area contributed by atoms with Crippen LogP contribution in [0.4, 0.5) is 0 Å². The summed E-state index contributed by atoms with van der Waals surface area (Å²) in [6.45, 7) is 3.27. The standard InChI is InChI=1S/C6H6Cl2O2/c1-2-6(9)10-4-3-5(7)8/h2-3H,1,4H2. The van der Waals surface area contributed by atoms with Crippen LogP contribution < -0.4 is 0 Å². The van der Waals surface area contributed by atoms with Crippen molar-refractivity contribution < 1.29 is 9.53 Å². The largest absolute Gasteiger partial charge is 0.458 e. The number of hydrogen-bond acceptors (Lipinski definition) is 2. The van der Waals surface area contributed by atoms with Gasteiger partial charge >= 0.3 is 5.97 Å². The maximum Gasteiger partial charge on any atom is 0.330 e. The highest BCUT2D eigenvalue weighted by atomic mass is 35.5. The second-order valence-corrected chi connectivity index (χ2v) is 2.34. The van der Waals surface area contributed by atoms with Crippen molar-refractivity contribution in [2.24, 2.45) is 0 Å². The van der Waals surface area contributed by atoms with Crippen molar-refractivity contribution in [1.29, 1.82) is 0 Å². The SMILES string of the molecule is C=CC(=O)OCC=C(Cl)Cl. The Labute approximate surface area is 69.1 Å². The molecule has 0 N–H and O–H groups in total. The minimum absolute atomic E-state index is 0.0766. The Morgan fingerprint density at radius 2 is 2.20 bits per heavy atom. The van der Waals surface area contributed by atoms with Crippen molar-refractivity contribution in [3.63, 3.8) is 0 Å². The van der Waals surface area contributed by atoms with Crippen LogP contribution in [0.3, 0.4) is 0 Å². The fraction of sp³-hybridized carbons (Fsp3) is 0.167. The Morgan fingerprint density at radius 3 is 2.60 bits per heavy atom. The van der Waals surface area contributed by atoms with Gasteiger partial charge in [-0.3, -0.25) is 0 Å². The first kappa shape index (κ1) is 9.53. The molecular weight excluding hydrogens is 175 g/mol. The van der Waals surface area contributed by atoms with E-state index in [1.165, 1.54) is 6.08 Å². The van der Waals surface area contributed by atoms with Crippen molar-refractivity contribution in [3.8, 4) is 0 Å². The van der Waals surface area contributed by atoms with E-state index in [4.69, 9.17) is 23.2 Å². The number of carbonyl (C=O) groups is 1. The quantitative estimate of drug-likeness (QED) is 0.491. The van der Waals surface area contributed by atoms with Gasteiger partial charge in [-0.1, -0.05) is 29.8 Å². The summed E-state index contributed by atoms with van der Waals surface area (Å²) in [7, 11) is 0. The van der Waals surface area contributed by atoms with Gasteiger partial charge in [-0.05, 0) is 6.08 Å². The lowest BCUT2D eigenvalue weighted by molar-refractivity contribution is -0.136. The third-order valence-corrected chi connectivity index (χ3v) is 0.939. The predicted octanol–water partition coefficient (Wildman–Crippen LogP) is 2.03. The molecule has 0 amide bonds. The van der Waals surface area contributed by atoms with E-state index in [1.54, 1.807) is 0 Å². The predicted molar refractivity (Wildman–Crippen MR) is 40.9 cm³/mol. The van der Waals surface area contributed by atoms with Gasteiger partial charge < -0.3 is 4.74 Å². The van der Waals surface area contributed by atoms with E-state index in [2.05, 4.69) is 11.3 Å². The average molecular weight is 181 g/mol. The number of rotatable bonds is 3. The lowest BCUT2D eigenvalue weighted by atomic mass is 10.6. The first-order valence-corrected chi connectivity index (χ1v) is 3.22. The summed E-state index contributed by atoms with van der Waals surface area (Å²) in [5.41, 5.74) is 0. The first-order valence-electron chi connectivity index (χ1n) is 2.47. The summed E-state index contributed by atoms with van der Waals surface area (Å²) in [6, 6.07) is 0. The van der Waals surface area contributed by atoms with Crippen LogP contribution in [0.2, 0.25) is 0 Å². The molecule has 2 nitrogen and oxygen atoms in total. The number of ether oxygens (including phenoxy) is 1. The third kappa shape index (κ3) is 5.66. The summed E-state index contributed by atoms with van der Waals surface area (Å²) >= 11 is 10.4. The molecule has 0 saturated heterocycles. The monoisotopic (exact) mass is 180 g/mol. The zero-order valence-corrected chi connectivity index (χ0v) is 6.65. The lowest BCUT2D eigenvalue weighted by Crippen LogP contribution is -1.98. The van der Waals surface area contributed by atoms with E-state index >= 15 is 0 Å². The van der Waals surface area contributed by atoms with Crippen LogP contribution in [0.15, 0.2) is 23.2 Å². The molecule has 0 radical (unpaired) electrons. The molecule has 10 heavy (non-hydrogen) atoms. The molecule has 0 heterocycles. The van der Waals surface area contributed by atoms with E-state index in [0.717, 1.165) is 6.08 Å². The van der Waals surface area contributed by atoms with E-state index in [9.17, 15) is 4.79 Å². The highest BCUT2D eigenvalue weighted by Crippen LogP contribution is 2.04. The van der Waals surface area contributed by atoms with Gasteiger partial charge in [0.25, 0.3) is 0 Å². The fourth-order valence-corrected chi connectivity index (χ4v) is 0.372. The van der Waals surface area contributed by atoms with E-state index in [-0.39, 0.29) is 11.1 Å². The normalized spacial score (nSPS) is 8.20. The van der Waals surface area contributed by atoms with E-state index in [1.807, 2.05) is 0 Å². The van der Waals surface area contributed by atoms with Gasteiger partial charge in [-0.25, -0.2) is 4.79 Å². The van der Waals surface area contributed by atoms with Gasteiger partial charge in [-0.15, -0.1) is 0 Å². The molecule has 0 rings (SSSR count). The van der Waals surface area contributed by atoms with Gasteiger partial charge in [0.1, 0.15) is 11.1 Å². The van der Waals surface area contributed by atoms with Gasteiger partial charge in [0.05, 0.1) is 0 Å². The number of esters is 1. The zero-order valence-electron chi connectivity index (χ0n) is 5.14. The smallest absolute Gasteiger partial charge is 0.330 e. The van der Waals surface area contributed by atoms with Crippen molar-refractivity contribution >= 4 is 29.2 Å².